The highest BCUT2D eigenvalue weighted by atomic mass is 16.7. The Morgan fingerprint density at radius 3 is 2.32 bits per heavy atom. The third kappa shape index (κ3) is 3.63. The normalized spacial score (nSPS) is 29.9. The number of hydrogen-bond donors (Lipinski definition) is 0. The summed E-state index contributed by atoms with van der Waals surface area (Å²) in [6.45, 7) is 11.2. The summed E-state index contributed by atoms with van der Waals surface area (Å²) in [7, 11) is 0. The molecule has 2 rings (SSSR count). The van der Waals surface area contributed by atoms with Gasteiger partial charge < -0.3 is 18.9 Å². The van der Waals surface area contributed by atoms with Gasteiger partial charge >= 0.3 is 5.97 Å². The van der Waals surface area contributed by atoms with Crippen LogP contribution in [0.1, 0.15) is 20.3 Å². The molecule has 2 aliphatic heterocycles. The lowest BCUT2D eigenvalue weighted by molar-refractivity contribution is -0.149. The van der Waals surface area contributed by atoms with Crippen LogP contribution >= 0.6 is 0 Å². The molecule has 122 valence electrons. The van der Waals surface area contributed by atoms with E-state index in [1.165, 1.54) is 0 Å². The quantitative estimate of drug-likeness (QED) is 0.520. The first kappa shape index (κ1) is 16.9. The van der Waals surface area contributed by atoms with Crippen molar-refractivity contribution in [2.75, 3.05) is 19.8 Å². The fourth-order valence-electron chi connectivity index (χ4n) is 2.34. The Kier molecular flexibility index (Phi) is 5.50. The monoisotopic (exact) mass is 310 g/mol. The van der Waals surface area contributed by atoms with E-state index in [2.05, 4.69) is 13.2 Å². The van der Waals surface area contributed by atoms with Crippen molar-refractivity contribution in [1.29, 1.82) is 0 Å². The van der Waals surface area contributed by atoms with E-state index < -0.39 is 12.1 Å². The summed E-state index contributed by atoms with van der Waals surface area (Å²) < 4.78 is 22.1. The van der Waals surface area contributed by atoms with Gasteiger partial charge in [0.25, 0.3) is 0 Å². The Morgan fingerprint density at radius 1 is 1.14 bits per heavy atom. The molecule has 0 N–H and O–H groups in total. The first-order valence-electron chi connectivity index (χ1n) is 7.36. The zero-order valence-corrected chi connectivity index (χ0v) is 13.0. The van der Waals surface area contributed by atoms with Gasteiger partial charge in [-0.2, -0.15) is 0 Å². The highest BCUT2D eigenvalue weighted by Gasteiger charge is 2.50. The summed E-state index contributed by atoms with van der Waals surface area (Å²) in [5.74, 6) is -0.578. The number of carbonyl (C=O) groups is 2. The van der Waals surface area contributed by atoms with Crippen molar-refractivity contribution in [3.63, 3.8) is 0 Å². The number of rotatable bonds is 7. The number of carbonyl (C=O) groups excluding carboxylic acids is 2. The predicted molar refractivity (Wildman–Crippen MR) is 78.4 cm³/mol. The molecule has 0 aromatic carbocycles. The summed E-state index contributed by atoms with van der Waals surface area (Å²) in [6, 6.07) is 0. The zero-order valence-electron chi connectivity index (χ0n) is 13.0. The molecule has 22 heavy (non-hydrogen) atoms. The number of esters is 1. The number of Topliss-reactive ketones (excluding diaryl/α,β-unsaturated/α-hetero) is 1. The second-order valence-corrected chi connectivity index (χ2v) is 5.55. The molecule has 0 saturated carbocycles. The van der Waals surface area contributed by atoms with E-state index in [0.717, 1.165) is 0 Å². The molecule has 0 aromatic heterocycles. The Labute approximate surface area is 130 Å². The maximum atomic E-state index is 11.8. The van der Waals surface area contributed by atoms with Crippen LogP contribution in [0, 0.1) is 0 Å². The SMILES string of the molecule is C=C(C)C(=O)COC1COC2C(OC(=O)C(=C)CC)COC12. The molecule has 6 nitrogen and oxygen atoms in total. The average molecular weight is 310 g/mol. The zero-order chi connectivity index (χ0) is 16.3. The Balaban J connectivity index is 1.86. The Morgan fingerprint density at radius 2 is 1.73 bits per heavy atom. The van der Waals surface area contributed by atoms with Crippen LogP contribution in [0.2, 0.25) is 0 Å². The van der Waals surface area contributed by atoms with Gasteiger partial charge in [-0.25, -0.2) is 4.79 Å². The van der Waals surface area contributed by atoms with Crippen molar-refractivity contribution in [3.8, 4) is 0 Å². The second kappa shape index (κ2) is 7.17. The molecular weight excluding hydrogens is 288 g/mol. The van der Waals surface area contributed by atoms with E-state index in [1.807, 2.05) is 6.92 Å². The molecular formula is C16H22O6. The van der Waals surface area contributed by atoms with Crippen molar-refractivity contribution in [3.05, 3.63) is 24.3 Å². The van der Waals surface area contributed by atoms with Crippen molar-refractivity contribution < 1.29 is 28.5 Å². The summed E-state index contributed by atoms with van der Waals surface area (Å²) >= 11 is 0. The first-order chi connectivity index (χ1) is 10.4. The summed E-state index contributed by atoms with van der Waals surface area (Å²) in [4.78, 5) is 23.3. The molecule has 0 bridgehead atoms. The van der Waals surface area contributed by atoms with Gasteiger partial charge in [-0.1, -0.05) is 20.1 Å². The molecule has 0 radical (unpaired) electrons. The molecule has 4 unspecified atom stereocenters. The topological polar surface area (TPSA) is 71.1 Å². The Bertz CT molecular complexity index is 483. The molecule has 0 aliphatic carbocycles. The molecule has 2 heterocycles. The lowest BCUT2D eigenvalue weighted by atomic mass is 10.1. The van der Waals surface area contributed by atoms with Crippen LogP contribution in [-0.4, -0.2) is 56.0 Å². The average Bonchev–Trinajstić information content (AvgIpc) is 3.06. The molecule has 0 amide bonds. The van der Waals surface area contributed by atoms with Crippen molar-refractivity contribution in [2.45, 2.75) is 44.7 Å². The minimum atomic E-state index is -0.466. The summed E-state index contributed by atoms with van der Waals surface area (Å²) in [6.07, 6.45) is -0.961. The largest absolute Gasteiger partial charge is 0.454 e. The van der Waals surface area contributed by atoms with E-state index in [9.17, 15) is 9.59 Å². The number of ether oxygens (including phenoxy) is 4. The van der Waals surface area contributed by atoms with E-state index >= 15 is 0 Å². The smallest absolute Gasteiger partial charge is 0.333 e. The summed E-state index contributed by atoms with van der Waals surface area (Å²) in [5.41, 5.74) is 0.869. The highest BCUT2D eigenvalue weighted by Crippen LogP contribution is 2.31. The van der Waals surface area contributed by atoms with Crippen LogP contribution in [0.25, 0.3) is 0 Å². The van der Waals surface area contributed by atoms with Gasteiger partial charge in [-0.3, -0.25) is 4.79 Å². The second-order valence-electron chi connectivity index (χ2n) is 5.55. The van der Waals surface area contributed by atoms with Crippen LogP contribution < -0.4 is 0 Å². The molecule has 0 spiro atoms. The number of ketones is 1. The van der Waals surface area contributed by atoms with E-state index in [1.54, 1.807) is 6.92 Å². The highest BCUT2D eigenvalue weighted by molar-refractivity contribution is 5.95. The van der Waals surface area contributed by atoms with E-state index in [-0.39, 0.29) is 37.3 Å². The third-order valence-corrected chi connectivity index (χ3v) is 3.84. The van der Waals surface area contributed by atoms with Crippen LogP contribution in [0.4, 0.5) is 0 Å². The van der Waals surface area contributed by atoms with Gasteiger partial charge in [0.2, 0.25) is 0 Å². The van der Waals surface area contributed by atoms with Crippen LogP contribution in [0.5, 0.6) is 0 Å². The van der Waals surface area contributed by atoms with Crippen molar-refractivity contribution in [1.82, 2.24) is 0 Å². The first-order valence-corrected chi connectivity index (χ1v) is 7.36. The van der Waals surface area contributed by atoms with Crippen LogP contribution in [-0.2, 0) is 28.5 Å². The number of hydrogen-bond acceptors (Lipinski definition) is 6. The maximum absolute atomic E-state index is 11.8. The molecule has 0 aromatic rings. The minimum Gasteiger partial charge on any atom is -0.454 e. The van der Waals surface area contributed by atoms with Gasteiger partial charge in [0.15, 0.2) is 11.9 Å². The predicted octanol–water partition coefficient (Wildman–Crippen LogP) is 1.19. The van der Waals surface area contributed by atoms with Crippen molar-refractivity contribution >= 4 is 11.8 Å². The van der Waals surface area contributed by atoms with Crippen molar-refractivity contribution in [2.24, 2.45) is 0 Å². The fraction of sp³-hybridized carbons (Fsp3) is 0.625. The lowest BCUT2D eigenvalue weighted by Gasteiger charge is -2.17. The van der Waals surface area contributed by atoms with E-state index in [0.29, 0.717) is 24.2 Å². The Hall–Kier alpha value is -1.50. The van der Waals surface area contributed by atoms with E-state index in [4.69, 9.17) is 18.9 Å². The molecule has 4 atom stereocenters. The van der Waals surface area contributed by atoms with Crippen LogP contribution in [0.3, 0.4) is 0 Å². The van der Waals surface area contributed by atoms with Gasteiger partial charge in [0.05, 0.1) is 13.2 Å². The van der Waals surface area contributed by atoms with Gasteiger partial charge in [0.1, 0.15) is 24.9 Å². The number of fused-ring (bicyclic) bond motifs is 1. The lowest BCUT2D eigenvalue weighted by Crippen LogP contribution is -2.35. The third-order valence-electron chi connectivity index (χ3n) is 3.84. The van der Waals surface area contributed by atoms with Gasteiger partial charge in [-0.05, 0) is 18.9 Å². The minimum absolute atomic E-state index is 0.0486. The fourth-order valence-corrected chi connectivity index (χ4v) is 2.34. The van der Waals surface area contributed by atoms with Gasteiger partial charge in [-0.15, -0.1) is 0 Å². The molecule has 2 saturated heterocycles. The standard InChI is InChI=1S/C16H22O6/c1-5-10(4)16(18)22-13-8-21-14-12(7-20-15(13)14)19-6-11(17)9(2)3/h12-15H,2,4-8H2,1,3H3. The van der Waals surface area contributed by atoms with Crippen LogP contribution in [0.15, 0.2) is 24.3 Å². The maximum Gasteiger partial charge on any atom is 0.333 e. The molecule has 6 heteroatoms. The van der Waals surface area contributed by atoms with Gasteiger partial charge in [0, 0.05) is 5.57 Å². The summed E-state index contributed by atoms with van der Waals surface area (Å²) in [5, 5.41) is 0. The molecule has 2 fully saturated rings. The molecule has 2 aliphatic rings.